The Morgan fingerprint density at radius 3 is 2.71 bits per heavy atom. The van der Waals surface area contributed by atoms with Crippen LogP contribution in [0.1, 0.15) is 5.69 Å². The van der Waals surface area contributed by atoms with Crippen molar-refractivity contribution >= 4 is 17.7 Å². The van der Waals surface area contributed by atoms with Crippen molar-refractivity contribution in [2.24, 2.45) is 10.7 Å². The number of thioether (sulfide) groups is 1. The minimum absolute atomic E-state index is 0.293. The Labute approximate surface area is 144 Å². The van der Waals surface area contributed by atoms with Gasteiger partial charge in [-0.15, -0.1) is 0 Å². The second kappa shape index (κ2) is 8.01. The third kappa shape index (κ3) is 4.61. The van der Waals surface area contributed by atoms with E-state index in [1.807, 2.05) is 17.8 Å². The summed E-state index contributed by atoms with van der Waals surface area (Å²) in [5.41, 5.74) is 6.81. The topological polar surface area (TPSA) is 63.7 Å². The zero-order valence-electron chi connectivity index (χ0n) is 13.2. The van der Waals surface area contributed by atoms with Gasteiger partial charge in [-0.05, 0) is 30.3 Å². The minimum atomic E-state index is -0.293. The van der Waals surface area contributed by atoms with Crippen molar-refractivity contribution in [3.05, 3.63) is 54.1 Å². The van der Waals surface area contributed by atoms with Crippen LogP contribution in [0.15, 0.2) is 47.6 Å². The number of pyridine rings is 1. The van der Waals surface area contributed by atoms with Crippen LogP contribution in [-0.4, -0.2) is 40.4 Å². The molecule has 1 aromatic carbocycles. The summed E-state index contributed by atoms with van der Waals surface area (Å²) < 4.78 is 18.6. The number of nitrogens with zero attached hydrogens (tertiary/aromatic N) is 3. The molecule has 2 aromatic rings. The highest BCUT2D eigenvalue weighted by Gasteiger charge is 2.12. The van der Waals surface area contributed by atoms with Crippen molar-refractivity contribution in [1.29, 1.82) is 0 Å². The van der Waals surface area contributed by atoms with Gasteiger partial charge in [0.15, 0.2) is 5.96 Å². The van der Waals surface area contributed by atoms with Gasteiger partial charge in [0.1, 0.15) is 17.3 Å². The molecule has 7 heteroatoms. The molecule has 1 fully saturated rings. The Bertz CT molecular complexity index is 702. The van der Waals surface area contributed by atoms with Gasteiger partial charge in [-0.3, -0.25) is 4.98 Å². The van der Waals surface area contributed by atoms with Crippen molar-refractivity contribution in [1.82, 2.24) is 9.88 Å². The van der Waals surface area contributed by atoms with Crippen molar-refractivity contribution in [2.75, 3.05) is 24.6 Å². The quantitative estimate of drug-likeness (QED) is 0.681. The van der Waals surface area contributed by atoms with Crippen LogP contribution in [-0.2, 0) is 6.54 Å². The van der Waals surface area contributed by atoms with E-state index in [-0.39, 0.29) is 5.82 Å². The number of hydrogen-bond donors (Lipinski definition) is 1. The van der Waals surface area contributed by atoms with Gasteiger partial charge >= 0.3 is 0 Å². The first kappa shape index (κ1) is 16.6. The summed E-state index contributed by atoms with van der Waals surface area (Å²) >= 11 is 1.93. The average molecular weight is 346 g/mol. The van der Waals surface area contributed by atoms with Crippen molar-refractivity contribution in [2.45, 2.75) is 6.54 Å². The third-order valence-corrected chi connectivity index (χ3v) is 4.52. The van der Waals surface area contributed by atoms with Crippen LogP contribution < -0.4 is 10.5 Å². The molecule has 1 saturated heterocycles. The van der Waals surface area contributed by atoms with Crippen LogP contribution in [0, 0.1) is 5.82 Å². The predicted octanol–water partition coefficient (Wildman–Crippen LogP) is 2.88. The Balaban J connectivity index is 1.63. The second-order valence-corrected chi connectivity index (χ2v) is 6.54. The SMILES string of the molecule is NC(=NCc1cc(Oc2ccc(F)cc2)ccn1)N1CCSCC1. The molecule has 1 aromatic heterocycles. The fourth-order valence-corrected chi connectivity index (χ4v) is 3.20. The smallest absolute Gasteiger partial charge is 0.191 e. The molecule has 24 heavy (non-hydrogen) atoms. The average Bonchev–Trinajstić information content (AvgIpc) is 2.63. The molecule has 0 atom stereocenters. The molecule has 0 bridgehead atoms. The number of benzene rings is 1. The van der Waals surface area contributed by atoms with E-state index in [9.17, 15) is 4.39 Å². The number of aliphatic imine (C=N–C) groups is 1. The summed E-state index contributed by atoms with van der Waals surface area (Å²) in [6.45, 7) is 2.26. The number of guanidine groups is 1. The zero-order chi connectivity index (χ0) is 16.8. The Morgan fingerprint density at radius 1 is 1.21 bits per heavy atom. The highest BCUT2D eigenvalue weighted by atomic mass is 32.2. The fourth-order valence-electron chi connectivity index (χ4n) is 2.30. The number of aromatic nitrogens is 1. The van der Waals surface area contributed by atoms with Crippen LogP contribution in [0.3, 0.4) is 0 Å². The van der Waals surface area contributed by atoms with Crippen LogP contribution in [0.4, 0.5) is 4.39 Å². The molecule has 3 rings (SSSR count). The number of nitrogens with two attached hydrogens (primary N) is 1. The van der Waals surface area contributed by atoms with Crippen LogP contribution in [0.25, 0.3) is 0 Å². The normalized spacial score (nSPS) is 15.4. The Kier molecular flexibility index (Phi) is 5.53. The Morgan fingerprint density at radius 2 is 1.96 bits per heavy atom. The molecule has 0 aliphatic carbocycles. The Hall–Kier alpha value is -2.28. The highest BCUT2D eigenvalue weighted by Crippen LogP contribution is 2.21. The fraction of sp³-hybridized carbons (Fsp3) is 0.294. The maximum absolute atomic E-state index is 12.9. The molecule has 1 aliphatic rings. The van der Waals surface area contributed by atoms with E-state index in [4.69, 9.17) is 10.5 Å². The van der Waals surface area contributed by atoms with E-state index in [1.165, 1.54) is 12.1 Å². The summed E-state index contributed by atoms with van der Waals surface area (Å²) in [5.74, 6) is 3.63. The van der Waals surface area contributed by atoms with Gasteiger partial charge < -0.3 is 15.4 Å². The van der Waals surface area contributed by atoms with Gasteiger partial charge in [-0.25, -0.2) is 9.38 Å². The van der Waals surface area contributed by atoms with Crippen LogP contribution in [0.5, 0.6) is 11.5 Å². The summed E-state index contributed by atoms with van der Waals surface area (Å²) in [6, 6.07) is 9.45. The van der Waals surface area contributed by atoms with E-state index < -0.39 is 0 Å². The van der Waals surface area contributed by atoms with Crippen molar-refractivity contribution in [3.8, 4) is 11.5 Å². The molecule has 1 aliphatic heterocycles. The largest absolute Gasteiger partial charge is 0.457 e. The van der Waals surface area contributed by atoms with Crippen LogP contribution >= 0.6 is 11.8 Å². The van der Waals surface area contributed by atoms with E-state index in [1.54, 1.807) is 24.4 Å². The lowest BCUT2D eigenvalue weighted by Gasteiger charge is -2.27. The number of halogens is 1. The van der Waals surface area contributed by atoms with Gasteiger partial charge in [0.2, 0.25) is 0 Å². The summed E-state index contributed by atoms with van der Waals surface area (Å²) in [5, 5.41) is 0. The van der Waals surface area contributed by atoms with Crippen molar-refractivity contribution < 1.29 is 9.13 Å². The van der Waals surface area contributed by atoms with Gasteiger partial charge in [0, 0.05) is 36.9 Å². The van der Waals surface area contributed by atoms with Gasteiger partial charge in [0.05, 0.1) is 12.2 Å². The molecule has 0 amide bonds. The summed E-state index contributed by atoms with van der Waals surface area (Å²) in [7, 11) is 0. The van der Waals surface area contributed by atoms with Gasteiger partial charge in [-0.2, -0.15) is 11.8 Å². The third-order valence-electron chi connectivity index (χ3n) is 3.58. The molecule has 5 nitrogen and oxygen atoms in total. The number of rotatable bonds is 4. The van der Waals surface area contributed by atoms with Gasteiger partial charge in [0.25, 0.3) is 0 Å². The lowest BCUT2D eigenvalue weighted by Crippen LogP contribution is -2.42. The van der Waals surface area contributed by atoms with E-state index >= 15 is 0 Å². The van der Waals surface area contributed by atoms with Crippen molar-refractivity contribution in [3.63, 3.8) is 0 Å². The monoisotopic (exact) mass is 346 g/mol. The molecule has 0 spiro atoms. The number of hydrogen-bond acceptors (Lipinski definition) is 4. The lowest BCUT2D eigenvalue weighted by molar-refractivity contribution is 0.455. The molecule has 126 valence electrons. The molecule has 2 heterocycles. The maximum Gasteiger partial charge on any atom is 0.191 e. The number of ether oxygens (including phenoxy) is 1. The second-order valence-electron chi connectivity index (χ2n) is 5.31. The predicted molar refractivity (Wildman–Crippen MR) is 94.9 cm³/mol. The zero-order valence-corrected chi connectivity index (χ0v) is 14.0. The molecule has 0 unspecified atom stereocenters. The molecule has 0 radical (unpaired) electrons. The molecule has 0 saturated carbocycles. The van der Waals surface area contributed by atoms with Gasteiger partial charge in [-0.1, -0.05) is 0 Å². The van der Waals surface area contributed by atoms with E-state index in [2.05, 4.69) is 14.9 Å². The highest BCUT2D eigenvalue weighted by molar-refractivity contribution is 7.99. The van der Waals surface area contributed by atoms with Crippen LogP contribution in [0.2, 0.25) is 0 Å². The maximum atomic E-state index is 12.9. The summed E-state index contributed by atoms with van der Waals surface area (Å²) in [6.07, 6.45) is 1.66. The van der Waals surface area contributed by atoms with E-state index in [0.717, 1.165) is 30.3 Å². The first-order valence-corrected chi connectivity index (χ1v) is 8.87. The standard InChI is InChI=1S/C17H19FN4OS/c18-13-1-3-15(4-2-13)23-16-5-6-20-14(11-16)12-21-17(19)22-7-9-24-10-8-22/h1-6,11H,7-10,12H2,(H2,19,21). The minimum Gasteiger partial charge on any atom is -0.457 e. The molecular formula is C17H19FN4OS. The van der Waals surface area contributed by atoms with E-state index in [0.29, 0.717) is 24.0 Å². The molecular weight excluding hydrogens is 327 g/mol. The first-order chi connectivity index (χ1) is 11.7. The summed E-state index contributed by atoms with van der Waals surface area (Å²) in [4.78, 5) is 10.8. The molecule has 2 N–H and O–H groups in total. The lowest BCUT2D eigenvalue weighted by atomic mass is 10.3. The first-order valence-electron chi connectivity index (χ1n) is 7.72.